The Kier molecular flexibility index (Phi) is 9.98. The van der Waals surface area contributed by atoms with Crippen molar-refractivity contribution < 1.29 is 14.3 Å². The first-order valence-electron chi connectivity index (χ1n) is 12.5. The summed E-state index contributed by atoms with van der Waals surface area (Å²) in [5.74, 6) is 1.81. The number of aryl methyl sites for hydroxylation is 1. The van der Waals surface area contributed by atoms with Crippen LogP contribution in [0.3, 0.4) is 0 Å². The average molecular weight is 543 g/mol. The Morgan fingerprint density at radius 2 is 2.05 bits per heavy atom. The summed E-state index contributed by atoms with van der Waals surface area (Å²) in [7, 11) is 0. The molecule has 4 rings (SSSR count). The van der Waals surface area contributed by atoms with Crippen LogP contribution in [0.25, 0.3) is 0 Å². The van der Waals surface area contributed by atoms with Gasteiger partial charge in [0.05, 0.1) is 25.5 Å². The predicted octanol–water partition coefficient (Wildman–Crippen LogP) is 5.44. The second kappa shape index (κ2) is 13.6. The zero-order valence-corrected chi connectivity index (χ0v) is 23.2. The summed E-state index contributed by atoms with van der Waals surface area (Å²) >= 11 is 3.30. The Hall–Kier alpha value is -2.89. The Bertz CT molecular complexity index is 1170. The van der Waals surface area contributed by atoms with Crippen LogP contribution in [0.5, 0.6) is 0 Å². The number of nitrogens with one attached hydrogen (secondary N) is 2. The summed E-state index contributed by atoms with van der Waals surface area (Å²) in [6.45, 7) is 10.2. The van der Waals surface area contributed by atoms with Crippen molar-refractivity contribution in [3.05, 3.63) is 52.7 Å². The van der Waals surface area contributed by atoms with Crippen LogP contribution in [-0.4, -0.2) is 54.2 Å². The highest BCUT2D eigenvalue weighted by atomic mass is 32.2. The zero-order chi connectivity index (χ0) is 26.0. The molecule has 0 radical (unpaired) electrons. The molecule has 0 bridgehead atoms. The van der Waals surface area contributed by atoms with Crippen LogP contribution in [0.15, 0.2) is 40.7 Å². The number of aromatic nitrogens is 3. The van der Waals surface area contributed by atoms with Gasteiger partial charge in [-0.2, -0.15) is 0 Å². The number of hydrogen-bond donors (Lipinski definition) is 2. The third kappa shape index (κ3) is 8.58. The third-order valence-electron chi connectivity index (χ3n) is 5.53. The minimum atomic E-state index is -0.442. The molecule has 0 unspecified atom stereocenters. The van der Waals surface area contributed by atoms with Gasteiger partial charge in [-0.3, -0.25) is 5.32 Å². The van der Waals surface area contributed by atoms with Crippen LogP contribution in [0.1, 0.15) is 37.0 Å². The number of carbonyl (C=O) groups is 1. The van der Waals surface area contributed by atoms with Gasteiger partial charge in [-0.05, 0) is 36.1 Å². The first-order chi connectivity index (χ1) is 18.0. The van der Waals surface area contributed by atoms with Gasteiger partial charge in [0.2, 0.25) is 0 Å². The smallest absolute Gasteiger partial charge is 0.411 e. The van der Waals surface area contributed by atoms with E-state index < -0.39 is 6.09 Å². The lowest BCUT2D eigenvalue weighted by Crippen LogP contribution is -2.36. The lowest BCUT2D eigenvalue weighted by Gasteiger charge is -2.29. The molecule has 1 aromatic carbocycles. The normalized spacial score (nSPS) is 13.6. The molecule has 0 aliphatic carbocycles. The molecule has 1 aliphatic rings. The number of anilines is 3. The molecule has 1 saturated heterocycles. The third-order valence-corrected chi connectivity index (χ3v) is 7.76. The van der Waals surface area contributed by atoms with Crippen molar-refractivity contribution >= 4 is 46.4 Å². The molecule has 9 nitrogen and oxygen atoms in total. The number of morpholine rings is 1. The first-order valence-corrected chi connectivity index (χ1v) is 14.3. The van der Waals surface area contributed by atoms with Crippen LogP contribution >= 0.6 is 23.1 Å². The first kappa shape index (κ1) is 27.2. The van der Waals surface area contributed by atoms with E-state index in [-0.39, 0.29) is 5.92 Å². The van der Waals surface area contributed by atoms with Crippen molar-refractivity contribution in [1.82, 2.24) is 15.2 Å². The number of thioether (sulfide) groups is 1. The van der Waals surface area contributed by atoms with E-state index >= 15 is 0 Å². The summed E-state index contributed by atoms with van der Waals surface area (Å²) in [6, 6.07) is 12.0. The average Bonchev–Trinajstić information content (AvgIpc) is 3.38. The Labute approximate surface area is 226 Å². The molecule has 1 aliphatic heterocycles. The zero-order valence-electron chi connectivity index (χ0n) is 21.5. The molecule has 2 aromatic heterocycles. The lowest BCUT2D eigenvalue weighted by molar-refractivity contribution is 0.122. The number of benzene rings is 1. The number of amides is 1. The summed E-state index contributed by atoms with van der Waals surface area (Å²) in [6.07, 6.45) is 0.453. The van der Waals surface area contributed by atoms with E-state index in [9.17, 15) is 4.79 Å². The number of pyridine rings is 1. The molecule has 0 spiro atoms. The molecule has 1 fully saturated rings. The van der Waals surface area contributed by atoms with Gasteiger partial charge in [-0.1, -0.05) is 56.0 Å². The number of carbonyl (C=O) groups excluding carboxylic acids is 1. The van der Waals surface area contributed by atoms with Crippen molar-refractivity contribution in [2.24, 2.45) is 5.92 Å². The van der Waals surface area contributed by atoms with Crippen molar-refractivity contribution in [3.8, 4) is 0 Å². The second-order valence-electron chi connectivity index (χ2n) is 9.08. The maximum absolute atomic E-state index is 12.0. The minimum Gasteiger partial charge on any atom is -0.449 e. The summed E-state index contributed by atoms with van der Waals surface area (Å²) in [5.41, 5.74) is 3.83. The predicted molar refractivity (Wildman–Crippen MR) is 150 cm³/mol. The highest BCUT2D eigenvalue weighted by molar-refractivity contribution is 8.00. The number of rotatable bonds is 11. The Morgan fingerprint density at radius 1 is 1.22 bits per heavy atom. The van der Waals surface area contributed by atoms with Gasteiger partial charge >= 0.3 is 6.09 Å². The molecule has 3 heterocycles. The number of nitrogens with zero attached hydrogens (tertiary/aromatic N) is 4. The number of ether oxygens (including phenoxy) is 2. The molecule has 2 N–H and O–H groups in total. The highest BCUT2D eigenvalue weighted by Gasteiger charge is 2.15. The quantitative estimate of drug-likeness (QED) is 0.307. The van der Waals surface area contributed by atoms with Gasteiger partial charge in [-0.15, -0.1) is 10.2 Å². The molecule has 0 saturated carbocycles. The topological polar surface area (TPSA) is 102 Å². The van der Waals surface area contributed by atoms with Crippen molar-refractivity contribution in [3.63, 3.8) is 0 Å². The standard InChI is InChI=1S/C26H34N6O3S2/c1-4-24-30-31-26(37-24)36-17-21-13-22(32-8-10-34-11-9-32)14-23(28-21)27-15-19-6-5-7-20(12-19)29-25(33)35-16-18(2)3/h5-7,12-14,18H,4,8-11,15-17H2,1-3H3,(H,27,28)(H,29,33). The second-order valence-corrected chi connectivity index (χ2v) is 11.4. The van der Waals surface area contributed by atoms with Gasteiger partial charge < -0.3 is 19.7 Å². The van der Waals surface area contributed by atoms with E-state index in [1.165, 1.54) is 0 Å². The van der Waals surface area contributed by atoms with Gasteiger partial charge in [0.1, 0.15) is 10.8 Å². The molecule has 37 heavy (non-hydrogen) atoms. The Balaban J connectivity index is 1.43. The van der Waals surface area contributed by atoms with Gasteiger partial charge in [0.15, 0.2) is 4.34 Å². The molecule has 11 heteroatoms. The van der Waals surface area contributed by atoms with Crippen LogP contribution in [0, 0.1) is 5.92 Å². The van der Waals surface area contributed by atoms with Crippen LogP contribution < -0.4 is 15.5 Å². The Morgan fingerprint density at radius 3 is 2.81 bits per heavy atom. The van der Waals surface area contributed by atoms with Crippen LogP contribution in [-0.2, 0) is 28.2 Å². The summed E-state index contributed by atoms with van der Waals surface area (Å²) < 4.78 is 11.7. The monoisotopic (exact) mass is 542 g/mol. The van der Waals surface area contributed by atoms with E-state index in [4.69, 9.17) is 14.5 Å². The summed E-state index contributed by atoms with van der Waals surface area (Å²) in [5, 5.41) is 15.8. The van der Waals surface area contributed by atoms with Crippen molar-refractivity contribution in [1.29, 1.82) is 0 Å². The van der Waals surface area contributed by atoms with E-state index in [2.05, 4.69) is 44.8 Å². The van der Waals surface area contributed by atoms with E-state index in [0.29, 0.717) is 24.6 Å². The maximum Gasteiger partial charge on any atom is 0.411 e. The minimum absolute atomic E-state index is 0.289. The fourth-order valence-corrected chi connectivity index (χ4v) is 5.39. The fraction of sp³-hybridized carbons (Fsp3) is 0.462. The molecule has 198 valence electrons. The van der Waals surface area contributed by atoms with Crippen molar-refractivity contribution in [2.75, 3.05) is 48.4 Å². The van der Waals surface area contributed by atoms with Crippen molar-refractivity contribution in [2.45, 2.75) is 43.8 Å². The molecular weight excluding hydrogens is 508 g/mol. The van der Waals surface area contributed by atoms with Crippen LogP contribution in [0.2, 0.25) is 0 Å². The maximum atomic E-state index is 12.0. The fourth-order valence-electron chi connectivity index (χ4n) is 3.66. The SMILES string of the molecule is CCc1nnc(SCc2cc(N3CCOCC3)cc(NCc3cccc(NC(=O)OCC(C)C)c3)n2)s1. The van der Waals surface area contributed by atoms with Gasteiger partial charge in [0, 0.05) is 42.8 Å². The molecule has 3 aromatic rings. The number of hydrogen-bond acceptors (Lipinski definition) is 10. The highest BCUT2D eigenvalue weighted by Crippen LogP contribution is 2.29. The van der Waals surface area contributed by atoms with Gasteiger partial charge in [-0.25, -0.2) is 9.78 Å². The van der Waals surface area contributed by atoms with Gasteiger partial charge in [0.25, 0.3) is 0 Å². The lowest BCUT2D eigenvalue weighted by atomic mass is 10.2. The molecule has 1 amide bonds. The van der Waals surface area contributed by atoms with E-state index in [1.54, 1.807) is 23.1 Å². The van der Waals surface area contributed by atoms with Crippen LogP contribution in [0.4, 0.5) is 22.0 Å². The largest absolute Gasteiger partial charge is 0.449 e. The molecular formula is C26H34N6O3S2. The molecule has 0 atom stereocenters. The van der Waals surface area contributed by atoms with E-state index in [0.717, 1.165) is 64.8 Å². The van der Waals surface area contributed by atoms with E-state index in [1.807, 2.05) is 38.1 Å². The summed E-state index contributed by atoms with van der Waals surface area (Å²) in [4.78, 5) is 19.2.